The number of hydrogen-bond acceptors (Lipinski definition) is 5. The average molecular weight is 458 g/mol. The molecule has 33 heavy (non-hydrogen) atoms. The number of aliphatic hydroxyl groups excluding tert-OH is 1. The number of benzene rings is 3. The number of rotatable bonds is 4. The molecule has 3 aromatic rings. The predicted octanol–water partition coefficient (Wildman–Crippen LogP) is 4.56. The summed E-state index contributed by atoms with van der Waals surface area (Å²) in [6.45, 7) is -0.216. The van der Waals surface area contributed by atoms with E-state index in [9.17, 15) is 28.2 Å². The van der Waals surface area contributed by atoms with Gasteiger partial charge in [0.2, 0.25) is 0 Å². The highest BCUT2D eigenvalue weighted by atomic mass is 19.4. The molecule has 172 valence electrons. The third-order valence-electron chi connectivity index (χ3n) is 5.71. The van der Waals surface area contributed by atoms with Crippen LogP contribution in [-0.4, -0.2) is 35.5 Å². The van der Waals surface area contributed by atoms with Crippen LogP contribution in [0.2, 0.25) is 0 Å². The van der Waals surface area contributed by atoms with Crippen LogP contribution in [0.15, 0.2) is 66.7 Å². The molecule has 0 radical (unpaired) electrons. The Morgan fingerprint density at radius 3 is 2.52 bits per heavy atom. The maximum Gasteiger partial charge on any atom is 0.416 e. The third-order valence-corrected chi connectivity index (χ3v) is 5.71. The lowest BCUT2D eigenvalue weighted by atomic mass is 9.83. The maximum absolute atomic E-state index is 13.3. The van der Waals surface area contributed by atoms with E-state index in [0.29, 0.717) is 5.56 Å². The van der Waals surface area contributed by atoms with E-state index in [4.69, 9.17) is 9.47 Å². The van der Waals surface area contributed by atoms with Crippen LogP contribution in [0.25, 0.3) is 11.1 Å². The number of methoxy groups -OCH3 is 1. The van der Waals surface area contributed by atoms with Gasteiger partial charge in [-0.15, -0.1) is 0 Å². The molecule has 1 heterocycles. The molecule has 0 unspecified atom stereocenters. The van der Waals surface area contributed by atoms with Crippen molar-refractivity contribution in [2.75, 3.05) is 13.7 Å². The Bertz CT molecular complexity index is 1180. The van der Waals surface area contributed by atoms with Gasteiger partial charge in [-0.1, -0.05) is 42.5 Å². The van der Waals surface area contributed by atoms with Crippen molar-refractivity contribution in [3.05, 3.63) is 89.0 Å². The molecular weight excluding hydrogens is 437 g/mol. The van der Waals surface area contributed by atoms with Crippen LogP contribution in [0.4, 0.5) is 13.2 Å². The monoisotopic (exact) mass is 458 g/mol. The number of carbonyl (C=O) groups is 1. The van der Waals surface area contributed by atoms with Crippen molar-refractivity contribution in [3.63, 3.8) is 0 Å². The summed E-state index contributed by atoms with van der Waals surface area (Å²) in [5.41, 5.74) is -1.13. The van der Waals surface area contributed by atoms with Gasteiger partial charge < -0.3 is 19.7 Å². The van der Waals surface area contributed by atoms with Crippen LogP contribution in [0, 0.1) is 0 Å². The molecule has 0 aliphatic carbocycles. The minimum Gasteiger partial charge on any atom is -0.490 e. The van der Waals surface area contributed by atoms with Gasteiger partial charge in [0, 0.05) is 12.0 Å². The second-order valence-electron chi connectivity index (χ2n) is 7.96. The number of fused-ring (bicyclic) bond motifs is 1. The fraction of sp³-hybridized carbons (Fsp3) is 0.240. The number of hydrogen-bond donors (Lipinski definition) is 2. The van der Waals surface area contributed by atoms with Gasteiger partial charge >= 0.3 is 12.1 Å². The number of ether oxygens (including phenoxy) is 2. The van der Waals surface area contributed by atoms with Gasteiger partial charge in [0.1, 0.15) is 24.1 Å². The second kappa shape index (κ2) is 8.53. The summed E-state index contributed by atoms with van der Waals surface area (Å²) in [5.74, 6) is -0.569. The molecule has 3 aromatic carbocycles. The summed E-state index contributed by atoms with van der Waals surface area (Å²) in [4.78, 5) is 12.2. The van der Waals surface area contributed by atoms with E-state index in [1.54, 1.807) is 0 Å². The molecule has 2 atom stereocenters. The van der Waals surface area contributed by atoms with Crippen molar-refractivity contribution in [1.29, 1.82) is 0 Å². The van der Waals surface area contributed by atoms with Crippen molar-refractivity contribution in [3.8, 4) is 16.9 Å². The molecule has 1 aliphatic heterocycles. The van der Waals surface area contributed by atoms with Crippen LogP contribution in [0.5, 0.6) is 5.75 Å². The topological polar surface area (TPSA) is 76.0 Å². The summed E-state index contributed by atoms with van der Waals surface area (Å²) in [5, 5.41) is 21.9. The lowest BCUT2D eigenvalue weighted by Gasteiger charge is -2.38. The van der Waals surface area contributed by atoms with E-state index in [-0.39, 0.29) is 35.5 Å². The lowest BCUT2D eigenvalue weighted by molar-refractivity contribution is -0.137. The van der Waals surface area contributed by atoms with Gasteiger partial charge in [0.25, 0.3) is 0 Å². The van der Waals surface area contributed by atoms with Crippen LogP contribution >= 0.6 is 0 Å². The van der Waals surface area contributed by atoms with E-state index >= 15 is 0 Å². The highest BCUT2D eigenvalue weighted by Crippen LogP contribution is 2.42. The van der Waals surface area contributed by atoms with Crippen LogP contribution in [0.1, 0.15) is 33.2 Å². The fourth-order valence-electron chi connectivity index (χ4n) is 3.97. The molecule has 0 saturated heterocycles. The smallest absolute Gasteiger partial charge is 0.416 e. The summed E-state index contributed by atoms with van der Waals surface area (Å²) >= 11 is 0. The van der Waals surface area contributed by atoms with Gasteiger partial charge in [0.05, 0.1) is 18.2 Å². The average Bonchev–Trinajstić information content (AvgIpc) is 2.80. The number of esters is 1. The first-order valence-corrected chi connectivity index (χ1v) is 10.1. The Morgan fingerprint density at radius 2 is 1.85 bits per heavy atom. The molecule has 0 amide bonds. The Kier molecular flexibility index (Phi) is 5.90. The van der Waals surface area contributed by atoms with Crippen molar-refractivity contribution in [2.24, 2.45) is 0 Å². The molecule has 2 N–H and O–H groups in total. The first-order valence-electron chi connectivity index (χ1n) is 10.1. The number of halogens is 3. The maximum atomic E-state index is 13.3. The normalized spacial score (nSPS) is 20.0. The van der Waals surface area contributed by atoms with E-state index in [1.165, 1.54) is 18.2 Å². The molecule has 1 aliphatic rings. The van der Waals surface area contributed by atoms with Crippen LogP contribution in [0.3, 0.4) is 0 Å². The lowest BCUT2D eigenvalue weighted by Crippen LogP contribution is -2.47. The summed E-state index contributed by atoms with van der Waals surface area (Å²) in [7, 11) is 1.14. The van der Waals surface area contributed by atoms with Crippen molar-refractivity contribution in [1.82, 2.24) is 0 Å². The first kappa shape index (κ1) is 22.8. The van der Waals surface area contributed by atoms with E-state index in [1.807, 2.05) is 30.3 Å². The Hall–Kier alpha value is -3.36. The van der Waals surface area contributed by atoms with Gasteiger partial charge in [-0.05, 0) is 41.0 Å². The predicted molar refractivity (Wildman–Crippen MR) is 114 cm³/mol. The number of alkyl halides is 3. The van der Waals surface area contributed by atoms with Crippen molar-refractivity contribution >= 4 is 5.97 Å². The highest BCUT2D eigenvalue weighted by molar-refractivity contribution is 5.97. The van der Waals surface area contributed by atoms with Crippen molar-refractivity contribution in [2.45, 2.75) is 24.3 Å². The van der Waals surface area contributed by atoms with Gasteiger partial charge in [0.15, 0.2) is 0 Å². The standard InChI is InChI=1S/C25H21F3O5/c1-32-23(30)18-10-8-17(25(26,27)28)12-20(18)16-7-9-19-21(11-16)33-14-24(31,22(19)29)13-15-5-3-2-4-6-15/h2-12,22,29,31H,13-14H2,1H3/t22-,24-/m0/s1. The molecule has 0 saturated carbocycles. The minimum absolute atomic E-state index is 0.0164. The summed E-state index contributed by atoms with van der Waals surface area (Å²) in [6.07, 6.45) is -5.73. The Labute approximate surface area is 188 Å². The second-order valence-corrected chi connectivity index (χ2v) is 7.96. The van der Waals surface area contributed by atoms with Gasteiger partial charge in [-0.25, -0.2) is 4.79 Å². The van der Waals surface area contributed by atoms with E-state index in [0.717, 1.165) is 30.9 Å². The third kappa shape index (κ3) is 4.44. The zero-order valence-corrected chi connectivity index (χ0v) is 17.6. The largest absolute Gasteiger partial charge is 0.490 e. The SMILES string of the molecule is COC(=O)c1ccc(C(F)(F)F)cc1-c1ccc2c(c1)OC[C@@](O)(Cc1ccccc1)[C@H]2O. The van der Waals surface area contributed by atoms with Gasteiger partial charge in [-0.2, -0.15) is 13.2 Å². The summed E-state index contributed by atoms with van der Waals surface area (Å²) < 4.78 is 50.3. The van der Waals surface area contributed by atoms with Crippen LogP contribution in [-0.2, 0) is 17.3 Å². The Balaban J connectivity index is 1.72. The zero-order chi connectivity index (χ0) is 23.8. The molecule has 4 rings (SSSR count). The first-order chi connectivity index (χ1) is 15.6. The highest BCUT2D eigenvalue weighted by Gasteiger charge is 2.43. The molecular formula is C25H21F3O5. The summed E-state index contributed by atoms with van der Waals surface area (Å²) in [6, 6.07) is 16.3. The molecule has 0 spiro atoms. The molecule has 8 heteroatoms. The quantitative estimate of drug-likeness (QED) is 0.561. The van der Waals surface area contributed by atoms with E-state index in [2.05, 4.69) is 0 Å². The van der Waals surface area contributed by atoms with Crippen molar-refractivity contribution < 1.29 is 37.7 Å². The number of carbonyl (C=O) groups excluding carboxylic acids is 1. The molecule has 5 nitrogen and oxygen atoms in total. The Morgan fingerprint density at radius 1 is 1.12 bits per heavy atom. The van der Waals surface area contributed by atoms with E-state index < -0.39 is 29.4 Å². The zero-order valence-electron chi connectivity index (χ0n) is 17.6. The van der Waals surface area contributed by atoms with Crippen LogP contribution < -0.4 is 4.74 Å². The fourth-order valence-corrected chi connectivity index (χ4v) is 3.97. The number of aliphatic hydroxyl groups is 2. The molecule has 0 aromatic heterocycles. The molecule has 0 fully saturated rings. The molecule has 0 bridgehead atoms. The minimum atomic E-state index is -4.60. The van der Waals surface area contributed by atoms with Gasteiger partial charge in [-0.3, -0.25) is 0 Å².